The van der Waals surface area contributed by atoms with Gasteiger partial charge < -0.3 is 28.3 Å². The molecular formula is C20H37F6N3O8P2. The van der Waals surface area contributed by atoms with Crippen LogP contribution in [-0.4, -0.2) is 99.1 Å². The number of carbonyl (C=O) groups excluding carboxylic acids is 2. The summed E-state index contributed by atoms with van der Waals surface area (Å²) in [5.74, 6) is -4.41. The van der Waals surface area contributed by atoms with Crippen molar-refractivity contribution in [2.75, 3.05) is 65.2 Å². The summed E-state index contributed by atoms with van der Waals surface area (Å²) in [5.41, 5.74) is 0. The maximum atomic E-state index is 13.2. The van der Waals surface area contributed by atoms with Crippen LogP contribution in [0.25, 0.3) is 0 Å². The number of carbonyl (C=O) groups is 2. The zero-order valence-electron chi connectivity index (χ0n) is 22.3. The number of hydrogen-bond acceptors (Lipinski definition) is 9. The van der Waals surface area contributed by atoms with Gasteiger partial charge in [-0.3, -0.25) is 23.6 Å². The highest BCUT2D eigenvalue weighted by atomic mass is 31.2. The molecule has 0 aliphatic rings. The lowest BCUT2D eigenvalue weighted by molar-refractivity contribution is -0.184. The molecule has 0 rings (SSSR count). The topological polar surface area (TPSA) is 124 Å². The molecule has 0 radical (unpaired) electrons. The van der Waals surface area contributed by atoms with Crippen molar-refractivity contribution in [2.24, 2.45) is 0 Å². The average molecular weight is 623 g/mol. The van der Waals surface area contributed by atoms with E-state index in [9.17, 15) is 45.1 Å². The van der Waals surface area contributed by atoms with Gasteiger partial charge in [-0.1, -0.05) is 0 Å². The maximum Gasteiger partial charge on any atom is 0.471 e. The smallest absolute Gasteiger partial charge is 0.348 e. The Morgan fingerprint density at radius 3 is 1.54 bits per heavy atom. The van der Waals surface area contributed by atoms with E-state index in [2.05, 4.69) is 0 Å². The van der Waals surface area contributed by atoms with Crippen molar-refractivity contribution in [2.45, 2.75) is 52.9 Å². The van der Waals surface area contributed by atoms with Gasteiger partial charge >= 0.3 is 39.4 Å². The Labute approximate surface area is 223 Å². The summed E-state index contributed by atoms with van der Waals surface area (Å²) in [6, 6.07) is 0. The van der Waals surface area contributed by atoms with E-state index in [0.717, 1.165) is 0 Å². The Kier molecular flexibility index (Phi) is 17.0. The Morgan fingerprint density at radius 2 is 1.13 bits per heavy atom. The fraction of sp³-hybridized carbons (Fsp3) is 0.900. The minimum atomic E-state index is -5.28. The zero-order valence-corrected chi connectivity index (χ0v) is 24.1. The second kappa shape index (κ2) is 17.6. The van der Waals surface area contributed by atoms with Crippen LogP contribution in [0.3, 0.4) is 0 Å². The third-order valence-electron chi connectivity index (χ3n) is 4.65. The number of rotatable bonds is 20. The van der Waals surface area contributed by atoms with Crippen molar-refractivity contribution in [1.82, 2.24) is 15.1 Å². The van der Waals surface area contributed by atoms with Crippen molar-refractivity contribution in [3.8, 4) is 0 Å². The van der Waals surface area contributed by atoms with Crippen LogP contribution in [0.1, 0.15) is 40.5 Å². The van der Waals surface area contributed by atoms with E-state index >= 15 is 0 Å². The third-order valence-corrected chi connectivity index (χ3v) is 8.69. The second-order valence-corrected chi connectivity index (χ2v) is 11.9. The minimum Gasteiger partial charge on any atom is -0.348 e. The lowest BCUT2D eigenvalue weighted by Crippen LogP contribution is -2.43. The molecule has 2 amide bonds. The molecule has 0 aliphatic heterocycles. The van der Waals surface area contributed by atoms with Crippen molar-refractivity contribution in [1.29, 1.82) is 0 Å². The van der Waals surface area contributed by atoms with Crippen molar-refractivity contribution in [3.05, 3.63) is 0 Å². The summed E-state index contributed by atoms with van der Waals surface area (Å²) in [7, 11) is -7.80. The molecule has 0 unspecified atom stereocenters. The maximum absolute atomic E-state index is 13.2. The van der Waals surface area contributed by atoms with Crippen LogP contribution in [0.2, 0.25) is 0 Å². The molecule has 1 N–H and O–H groups in total. The SMILES string of the molecule is CCOP(=O)(CN(CCCNC(=O)C(F)(F)F)CCCN(CP(=O)(OCC)OCC)C(=O)C(F)(F)F)OCC. The van der Waals surface area contributed by atoms with Gasteiger partial charge in [-0.15, -0.1) is 0 Å². The van der Waals surface area contributed by atoms with Gasteiger partial charge in [0.1, 0.15) is 12.6 Å². The number of nitrogens with zero attached hydrogens (tertiary/aromatic N) is 2. The molecule has 0 aromatic carbocycles. The largest absolute Gasteiger partial charge is 0.471 e. The van der Waals surface area contributed by atoms with E-state index in [1.54, 1.807) is 19.2 Å². The highest BCUT2D eigenvalue weighted by molar-refractivity contribution is 7.54. The predicted octanol–water partition coefficient (Wildman–Crippen LogP) is 4.59. The summed E-state index contributed by atoms with van der Waals surface area (Å²) in [6.45, 7) is 4.62. The first-order valence-electron chi connectivity index (χ1n) is 12.2. The molecule has 39 heavy (non-hydrogen) atoms. The van der Waals surface area contributed by atoms with Crippen molar-refractivity contribution in [3.63, 3.8) is 0 Å². The molecule has 0 saturated heterocycles. The van der Waals surface area contributed by atoms with Crippen LogP contribution in [0.4, 0.5) is 26.3 Å². The van der Waals surface area contributed by atoms with Gasteiger partial charge in [0, 0.05) is 26.2 Å². The summed E-state index contributed by atoms with van der Waals surface area (Å²) in [4.78, 5) is 24.7. The molecule has 0 aliphatic carbocycles. The van der Waals surface area contributed by atoms with Gasteiger partial charge in [-0.25, -0.2) is 0 Å². The Balaban J connectivity index is 5.60. The van der Waals surface area contributed by atoms with Gasteiger partial charge in [-0.05, 0) is 40.5 Å². The lowest BCUT2D eigenvalue weighted by atomic mass is 10.3. The molecule has 232 valence electrons. The first-order chi connectivity index (χ1) is 18.0. The number of nitrogens with one attached hydrogen (secondary N) is 1. The molecule has 0 aromatic heterocycles. The first kappa shape index (κ1) is 37.8. The summed E-state index contributed by atoms with van der Waals surface area (Å²) in [5, 5.41) is 1.69. The molecule has 11 nitrogen and oxygen atoms in total. The monoisotopic (exact) mass is 623 g/mol. The van der Waals surface area contributed by atoms with Crippen molar-refractivity contribution >= 4 is 27.0 Å². The number of halogens is 6. The van der Waals surface area contributed by atoms with Crippen molar-refractivity contribution < 1.29 is 63.2 Å². The highest BCUT2D eigenvalue weighted by Crippen LogP contribution is 2.49. The van der Waals surface area contributed by atoms with Gasteiger partial charge in [0.2, 0.25) is 0 Å². The van der Waals surface area contributed by atoms with Crippen LogP contribution in [-0.2, 0) is 36.8 Å². The minimum absolute atomic E-state index is 0.00472. The molecule has 0 atom stereocenters. The number of hydrogen-bond donors (Lipinski definition) is 1. The van der Waals surface area contributed by atoms with E-state index in [-0.39, 0.29) is 58.6 Å². The van der Waals surface area contributed by atoms with E-state index in [0.29, 0.717) is 4.90 Å². The predicted molar refractivity (Wildman–Crippen MR) is 129 cm³/mol. The highest BCUT2D eigenvalue weighted by Gasteiger charge is 2.45. The second-order valence-electron chi connectivity index (χ2n) is 7.82. The summed E-state index contributed by atoms with van der Waals surface area (Å²) < 4.78 is 123. The normalized spacial score (nSPS) is 13.1. The Bertz CT molecular complexity index is 827. The van der Waals surface area contributed by atoms with Crippen LogP contribution in [0.15, 0.2) is 0 Å². The fourth-order valence-corrected chi connectivity index (χ4v) is 6.75. The summed E-state index contributed by atoms with van der Waals surface area (Å²) in [6.07, 6.45) is -11.9. The fourth-order valence-electron chi connectivity index (χ4n) is 3.24. The molecule has 0 heterocycles. The molecule has 0 aromatic rings. The molecule has 0 bridgehead atoms. The lowest BCUT2D eigenvalue weighted by Gasteiger charge is -2.30. The van der Waals surface area contributed by atoms with E-state index in [1.807, 2.05) is 0 Å². The van der Waals surface area contributed by atoms with Gasteiger partial charge in [0.25, 0.3) is 0 Å². The summed E-state index contributed by atoms with van der Waals surface area (Å²) >= 11 is 0. The third kappa shape index (κ3) is 15.4. The molecule has 19 heteroatoms. The Hall–Kier alpha value is -1.22. The van der Waals surface area contributed by atoms with Crippen LogP contribution >= 0.6 is 15.2 Å². The number of amides is 2. The van der Waals surface area contributed by atoms with Gasteiger partial charge in [0.05, 0.1) is 26.4 Å². The van der Waals surface area contributed by atoms with Crippen LogP contribution in [0, 0.1) is 0 Å². The first-order valence-corrected chi connectivity index (χ1v) is 15.6. The molecular weight excluding hydrogens is 586 g/mol. The molecule has 0 spiro atoms. The molecule has 0 saturated carbocycles. The zero-order chi connectivity index (χ0) is 30.3. The van der Waals surface area contributed by atoms with Gasteiger partial charge in [0.15, 0.2) is 0 Å². The quantitative estimate of drug-likeness (QED) is 0.118. The van der Waals surface area contributed by atoms with E-state index < -0.39 is 58.7 Å². The van der Waals surface area contributed by atoms with E-state index in [1.165, 1.54) is 18.7 Å². The van der Waals surface area contributed by atoms with Crippen LogP contribution < -0.4 is 5.32 Å². The van der Waals surface area contributed by atoms with Gasteiger partial charge in [-0.2, -0.15) is 26.3 Å². The standard InChI is InChI=1S/C20H37F6N3O8P2/c1-5-34-38(32,35-6-2)15-28(12-9-11-27-17(30)19(21,22)23)13-10-14-29(18(31)20(24,25)26)16-39(33,36-7-3)37-8-4/h5-16H2,1-4H3,(H,27,30). The number of alkyl halides is 6. The Morgan fingerprint density at radius 1 is 0.692 bits per heavy atom. The average Bonchev–Trinajstić information content (AvgIpc) is 2.79. The van der Waals surface area contributed by atoms with Crippen LogP contribution in [0.5, 0.6) is 0 Å². The molecule has 0 fully saturated rings. The van der Waals surface area contributed by atoms with E-state index in [4.69, 9.17) is 18.1 Å².